The Kier molecular flexibility index (Phi) is 56.5. The van der Waals surface area contributed by atoms with Gasteiger partial charge in [-0.05, 0) is 109 Å². The van der Waals surface area contributed by atoms with Gasteiger partial charge in [-0.15, -0.1) is 0 Å². The van der Waals surface area contributed by atoms with Crippen LogP contribution >= 0.6 is 0 Å². The first-order chi connectivity index (χ1) is 34.6. The van der Waals surface area contributed by atoms with Gasteiger partial charge in [0.1, 0.15) is 6.61 Å². The van der Waals surface area contributed by atoms with E-state index in [1.807, 2.05) is 0 Å². The maximum absolute atomic E-state index is 12.3. The van der Waals surface area contributed by atoms with E-state index in [1.54, 1.807) is 0 Å². The van der Waals surface area contributed by atoms with Crippen LogP contribution in [0, 0.1) is 0 Å². The fourth-order valence-electron chi connectivity index (χ4n) is 7.90. The first-order valence-corrected chi connectivity index (χ1v) is 29.1. The van der Waals surface area contributed by atoms with Crippen molar-refractivity contribution in [3.63, 3.8) is 0 Å². The number of unbranched alkanes of at least 4 members (excludes halogenated alkanes) is 24. The third-order valence-corrected chi connectivity index (χ3v) is 12.2. The molecule has 0 heterocycles. The summed E-state index contributed by atoms with van der Waals surface area (Å²) < 4.78 is 10.7. The van der Waals surface area contributed by atoms with Crippen LogP contribution in [0.2, 0.25) is 0 Å². The summed E-state index contributed by atoms with van der Waals surface area (Å²) in [6.07, 6.45) is 87.5. The molecule has 0 aromatic carbocycles. The highest BCUT2D eigenvalue weighted by atomic mass is 16.6. The van der Waals surface area contributed by atoms with Crippen LogP contribution in [0.4, 0.5) is 0 Å². The molecular formula is C65H108O5. The lowest BCUT2D eigenvalue weighted by Gasteiger charge is -2.15. The first kappa shape index (κ1) is 66.3. The normalized spacial score (nSPS) is 13.1. The van der Waals surface area contributed by atoms with Crippen LogP contribution < -0.4 is 0 Å². The number of carbonyl (C=O) groups is 2. The van der Waals surface area contributed by atoms with Crippen LogP contribution in [0.5, 0.6) is 0 Å². The Balaban J connectivity index is 3.59. The molecule has 0 aromatic rings. The zero-order chi connectivity index (χ0) is 50.6. The van der Waals surface area contributed by atoms with Gasteiger partial charge in [-0.25, -0.2) is 0 Å². The van der Waals surface area contributed by atoms with Crippen molar-refractivity contribution >= 4 is 11.9 Å². The van der Waals surface area contributed by atoms with E-state index in [0.717, 1.165) is 96.3 Å². The van der Waals surface area contributed by atoms with Crippen molar-refractivity contribution in [2.45, 2.75) is 264 Å². The Hall–Kier alpha value is -3.70. The van der Waals surface area contributed by atoms with Crippen molar-refractivity contribution in [2.75, 3.05) is 13.2 Å². The van der Waals surface area contributed by atoms with E-state index in [0.29, 0.717) is 12.8 Å². The monoisotopic (exact) mass is 969 g/mol. The van der Waals surface area contributed by atoms with Gasteiger partial charge in [-0.1, -0.05) is 257 Å². The molecule has 0 bridgehead atoms. The van der Waals surface area contributed by atoms with Gasteiger partial charge in [0.25, 0.3) is 0 Å². The molecule has 70 heavy (non-hydrogen) atoms. The molecule has 1 unspecified atom stereocenters. The van der Waals surface area contributed by atoms with Gasteiger partial charge in [-0.3, -0.25) is 9.59 Å². The minimum Gasteiger partial charge on any atom is -0.462 e. The molecule has 0 amide bonds. The summed E-state index contributed by atoms with van der Waals surface area (Å²) in [6.45, 7) is 3.99. The maximum atomic E-state index is 12.3. The molecule has 0 aliphatic rings. The second-order valence-corrected chi connectivity index (χ2v) is 19.0. The fraction of sp³-hybridized carbons (Fsp3) is 0.662. The third-order valence-electron chi connectivity index (χ3n) is 12.2. The molecule has 5 nitrogen and oxygen atoms in total. The van der Waals surface area contributed by atoms with Crippen molar-refractivity contribution in [2.24, 2.45) is 0 Å². The Morgan fingerprint density at radius 1 is 0.343 bits per heavy atom. The Morgan fingerprint density at radius 2 is 0.614 bits per heavy atom. The number of aliphatic hydroxyl groups is 1. The van der Waals surface area contributed by atoms with E-state index in [4.69, 9.17) is 9.47 Å². The minimum absolute atomic E-state index is 0.0896. The van der Waals surface area contributed by atoms with Gasteiger partial charge in [0.15, 0.2) is 6.10 Å². The molecule has 5 heteroatoms. The van der Waals surface area contributed by atoms with Gasteiger partial charge < -0.3 is 14.6 Å². The maximum Gasteiger partial charge on any atom is 0.306 e. The van der Waals surface area contributed by atoms with E-state index < -0.39 is 6.10 Å². The van der Waals surface area contributed by atoms with E-state index in [1.165, 1.54) is 135 Å². The largest absolute Gasteiger partial charge is 0.462 e. The minimum atomic E-state index is -0.804. The molecule has 0 aliphatic carbocycles. The SMILES string of the molecule is CC/C=C\C/C=C\C/C=C\C/C=C\C/C=C\C/C=C\C/C=C\C/C=C\CCCCC(=O)OC(CO)COC(=O)CCCCCCCCCCCCCCCCCCC/C=C\C/C=C\CCCCCCC. The molecule has 0 saturated carbocycles. The summed E-state index contributed by atoms with van der Waals surface area (Å²) in [5.74, 6) is -0.643. The zero-order valence-corrected chi connectivity index (χ0v) is 45.5. The van der Waals surface area contributed by atoms with Crippen molar-refractivity contribution in [3.8, 4) is 0 Å². The average Bonchev–Trinajstić information content (AvgIpc) is 3.36. The second kappa shape index (κ2) is 59.6. The smallest absolute Gasteiger partial charge is 0.306 e. The highest BCUT2D eigenvalue weighted by molar-refractivity contribution is 5.70. The number of rotatable bonds is 52. The summed E-state index contributed by atoms with van der Waals surface area (Å²) in [7, 11) is 0. The van der Waals surface area contributed by atoms with Crippen LogP contribution in [0.1, 0.15) is 258 Å². The number of ether oxygens (including phenoxy) is 2. The average molecular weight is 970 g/mol. The second-order valence-electron chi connectivity index (χ2n) is 19.0. The van der Waals surface area contributed by atoms with E-state index in [-0.39, 0.29) is 25.2 Å². The summed E-state index contributed by atoms with van der Waals surface area (Å²) in [4.78, 5) is 24.5. The molecule has 0 spiro atoms. The molecule has 0 radical (unpaired) electrons. The van der Waals surface area contributed by atoms with Crippen LogP contribution in [0.3, 0.4) is 0 Å². The molecule has 1 N–H and O–H groups in total. The summed E-state index contributed by atoms with van der Waals surface area (Å²) in [5.41, 5.74) is 0. The number of hydrogen-bond acceptors (Lipinski definition) is 5. The van der Waals surface area contributed by atoms with Crippen LogP contribution in [-0.2, 0) is 19.1 Å². The quantitative estimate of drug-likeness (QED) is 0.0374. The van der Waals surface area contributed by atoms with Crippen LogP contribution in [-0.4, -0.2) is 36.4 Å². The van der Waals surface area contributed by atoms with Crippen LogP contribution in [0.25, 0.3) is 0 Å². The number of hydrogen-bond donors (Lipinski definition) is 1. The predicted octanol–water partition coefficient (Wildman–Crippen LogP) is 19.9. The standard InChI is InChI=1S/C65H108O5/c1-3-5-7-9-11-13-15-17-19-21-23-25-27-29-31-32-34-35-37-39-41-43-45-47-49-51-53-55-57-59-64(67)69-62-63(61-66)70-65(68)60-58-56-54-52-50-48-46-44-42-40-38-36-33-30-28-26-24-22-20-18-16-14-12-10-8-6-4-2/h6,8,12,14-15,17-18,20-21,23-24,26,30,33,38,40,44,46,50,52,63,66H,3-5,7,9-11,13,16,19,22,25,27-29,31-32,34-37,39,41-43,45,47-49,51,53-62H2,1-2H3/b8-6-,14-12-,17-15-,20-18-,23-21-,26-24-,33-30-,40-38-,46-44-,52-50-. The summed E-state index contributed by atoms with van der Waals surface area (Å²) >= 11 is 0. The lowest BCUT2D eigenvalue weighted by molar-refractivity contribution is -0.161. The Bertz CT molecular complexity index is 1420. The number of esters is 2. The fourth-order valence-corrected chi connectivity index (χ4v) is 7.90. The Labute approximate surface area is 433 Å². The van der Waals surface area contributed by atoms with E-state index in [2.05, 4.69) is 135 Å². The zero-order valence-electron chi connectivity index (χ0n) is 45.5. The lowest BCUT2D eigenvalue weighted by atomic mass is 10.0. The van der Waals surface area contributed by atoms with Gasteiger partial charge in [0.05, 0.1) is 6.61 Å². The third kappa shape index (κ3) is 56.9. The highest BCUT2D eigenvalue weighted by Gasteiger charge is 2.16. The first-order valence-electron chi connectivity index (χ1n) is 29.1. The number of allylic oxidation sites excluding steroid dienone is 20. The van der Waals surface area contributed by atoms with Gasteiger partial charge in [0.2, 0.25) is 0 Å². The summed E-state index contributed by atoms with van der Waals surface area (Å²) in [5, 5.41) is 9.65. The van der Waals surface area contributed by atoms with Crippen molar-refractivity contribution in [1.82, 2.24) is 0 Å². The number of carbonyl (C=O) groups excluding carboxylic acids is 2. The lowest BCUT2D eigenvalue weighted by Crippen LogP contribution is -2.28. The molecule has 398 valence electrons. The van der Waals surface area contributed by atoms with Crippen molar-refractivity contribution < 1.29 is 24.2 Å². The number of aliphatic hydroxyl groups excluding tert-OH is 1. The topological polar surface area (TPSA) is 72.8 Å². The van der Waals surface area contributed by atoms with Gasteiger partial charge in [-0.2, -0.15) is 0 Å². The Morgan fingerprint density at radius 3 is 0.957 bits per heavy atom. The molecule has 0 aliphatic heterocycles. The highest BCUT2D eigenvalue weighted by Crippen LogP contribution is 2.16. The van der Waals surface area contributed by atoms with E-state index >= 15 is 0 Å². The van der Waals surface area contributed by atoms with Crippen LogP contribution in [0.15, 0.2) is 122 Å². The molecule has 0 aromatic heterocycles. The predicted molar refractivity (Wildman–Crippen MR) is 306 cm³/mol. The van der Waals surface area contributed by atoms with E-state index in [9.17, 15) is 14.7 Å². The molecular weight excluding hydrogens is 861 g/mol. The molecule has 1 atom stereocenters. The van der Waals surface area contributed by atoms with Crippen molar-refractivity contribution in [1.29, 1.82) is 0 Å². The van der Waals surface area contributed by atoms with Crippen molar-refractivity contribution in [3.05, 3.63) is 122 Å². The van der Waals surface area contributed by atoms with Gasteiger partial charge in [0, 0.05) is 12.8 Å². The van der Waals surface area contributed by atoms with Gasteiger partial charge >= 0.3 is 11.9 Å². The molecule has 0 fully saturated rings. The summed E-state index contributed by atoms with van der Waals surface area (Å²) in [6, 6.07) is 0. The molecule has 0 rings (SSSR count). The molecule has 0 saturated heterocycles.